The second-order valence-corrected chi connectivity index (χ2v) is 7.85. The Morgan fingerprint density at radius 1 is 1.29 bits per heavy atom. The maximum atomic E-state index is 10.2. The highest BCUT2D eigenvalue weighted by Crippen LogP contribution is 2.53. The molecule has 0 spiro atoms. The molecule has 1 aromatic carbocycles. The minimum absolute atomic E-state index is 0.122. The van der Waals surface area contributed by atoms with Crippen molar-refractivity contribution in [2.75, 3.05) is 13.7 Å². The van der Waals surface area contributed by atoms with Gasteiger partial charge in [0.25, 0.3) is 0 Å². The third-order valence-electron chi connectivity index (χ3n) is 6.81. The Kier molecular flexibility index (Phi) is 3.23. The van der Waals surface area contributed by atoms with Crippen molar-refractivity contribution in [3.63, 3.8) is 0 Å². The van der Waals surface area contributed by atoms with E-state index in [-0.39, 0.29) is 6.61 Å². The minimum Gasteiger partial charge on any atom is -0.497 e. The van der Waals surface area contributed by atoms with Crippen LogP contribution >= 0.6 is 0 Å². The van der Waals surface area contributed by atoms with E-state index in [9.17, 15) is 5.11 Å². The van der Waals surface area contributed by atoms with Gasteiger partial charge < -0.3 is 14.4 Å². The van der Waals surface area contributed by atoms with E-state index in [1.54, 1.807) is 7.11 Å². The average Bonchev–Trinajstić information content (AvgIpc) is 2.94. The molecule has 5 atom stereocenters. The third-order valence-corrected chi connectivity index (χ3v) is 6.81. The number of piperidine rings is 2. The largest absolute Gasteiger partial charge is 0.497 e. The first-order valence-electron chi connectivity index (χ1n) is 9.29. The fourth-order valence-corrected chi connectivity index (χ4v) is 5.95. The highest BCUT2D eigenvalue weighted by molar-refractivity contribution is 5.87. The molecule has 4 bridgehead atoms. The molecule has 4 heteroatoms. The molecule has 0 amide bonds. The van der Waals surface area contributed by atoms with Gasteiger partial charge >= 0.3 is 0 Å². The maximum Gasteiger partial charge on any atom is 0.119 e. The number of ether oxygens (including phenoxy) is 1. The van der Waals surface area contributed by atoms with Crippen LogP contribution in [0.3, 0.4) is 0 Å². The van der Waals surface area contributed by atoms with Crippen molar-refractivity contribution in [1.82, 2.24) is 9.47 Å². The zero-order valence-corrected chi connectivity index (χ0v) is 14.5. The molecule has 1 aliphatic carbocycles. The summed E-state index contributed by atoms with van der Waals surface area (Å²) in [5, 5.41) is 11.3. The van der Waals surface area contributed by atoms with Gasteiger partial charge in [0, 0.05) is 40.7 Å². The van der Waals surface area contributed by atoms with Crippen molar-refractivity contribution < 1.29 is 9.84 Å². The Balaban J connectivity index is 1.73. The van der Waals surface area contributed by atoms with Crippen LogP contribution in [-0.4, -0.2) is 34.3 Å². The van der Waals surface area contributed by atoms with Gasteiger partial charge in [-0.3, -0.25) is 4.90 Å². The molecule has 0 radical (unpaired) electrons. The van der Waals surface area contributed by atoms with Crippen LogP contribution in [0.4, 0.5) is 0 Å². The smallest absolute Gasteiger partial charge is 0.119 e. The van der Waals surface area contributed by atoms with Gasteiger partial charge in [0.05, 0.1) is 20.4 Å². The summed E-state index contributed by atoms with van der Waals surface area (Å²) < 4.78 is 7.89. The summed E-state index contributed by atoms with van der Waals surface area (Å²) in [6, 6.07) is 6.97. The van der Waals surface area contributed by atoms with Crippen molar-refractivity contribution in [2.24, 2.45) is 11.8 Å². The van der Waals surface area contributed by atoms with Crippen molar-refractivity contribution in [3.8, 4) is 5.75 Å². The summed E-state index contributed by atoms with van der Waals surface area (Å²) in [5.41, 5.74) is 3.79. The van der Waals surface area contributed by atoms with Crippen molar-refractivity contribution in [3.05, 3.63) is 29.5 Å². The second kappa shape index (κ2) is 5.24. The Labute approximate surface area is 143 Å². The highest BCUT2D eigenvalue weighted by Gasteiger charge is 2.50. The van der Waals surface area contributed by atoms with E-state index in [0.717, 1.165) is 29.8 Å². The molecule has 3 aliphatic heterocycles. The molecule has 4 heterocycles. The number of rotatable bonds is 3. The van der Waals surface area contributed by atoms with Gasteiger partial charge in [-0.1, -0.05) is 13.3 Å². The van der Waals surface area contributed by atoms with E-state index in [2.05, 4.69) is 28.5 Å². The van der Waals surface area contributed by atoms with Crippen LogP contribution in [0.1, 0.15) is 43.4 Å². The fourth-order valence-electron chi connectivity index (χ4n) is 5.95. The van der Waals surface area contributed by atoms with Crippen molar-refractivity contribution in [2.45, 2.75) is 51.4 Å². The zero-order valence-electron chi connectivity index (χ0n) is 14.5. The Morgan fingerprint density at radius 3 is 2.92 bits per heavy atom. The Hall–Kier alpha value is -1.52. The molecular weight excluding hydrogens is 300 g/mol. The molecule has 1 saturated carbocycles. The van der Waals surface area contributed by atoms with E-state index < -0.39 is 0 Å². The maximum absolute atomic E-state index is 10.2. The summed E-state index contributed by atoms with van der Waals surface area (Å²) in [5.74, 6) is 3.10. The van der Waals surface area contributed by atoms with Crippen LogP contribution in [0.5, 0.6) is 5.75 Å². The summed E-state index contributed by atoms with van der Waals surface area (Å²) in [6.07, 6.45) is 3.96. The lowest BCUT2D eigenvalue weighted by atomic mass is 9.64. The first-order valence-corrected chi connectivity index (χ1v) is 9.29. The molecule has 4 aliphatic rings. The molecule has 2 saturated heterocycles. The molecule has 6 rings (SSSR count). The van der Waals surface area contributed by atoms with Crippen LogP contribution < -0.4 is 4.74 Å². The summed E-state index contributed by atoms with van der Waals surface area (Å²) >= 11 is 0. The molecule has 1 N–H and O–H groups in total. The topological polar surface area (TPSA) is 37.6 Å². The number of aliphatic hydroxyl groups is 1. The predicted molar refractivity (Wildman–Crippen MR) is 94.2 cm³/mol. The Bertz CT molecular complexity index is 797. The number of aromatic nitrogens is 1. The van der Waals surface area contributed by atoms with Gasteiger partial charge in [-0.15, -0.1) is 0 Å². The molecule has 3 fully saturated rings. The molecule has 1 unspecified atom stereocenters. The van der Waals surface area contributed by atoms with Crippen molar-refractivity contribution >= 4 is 10.9 Å². The highest BCUT2D eigenvalue weighted by atomic mass is 16.5. The number of hydrogen-bond acceptors (Lipinski definition) is 3. The van der Waals surface area contributed by atoms with Crippen LogP contribution in [0, 0.1) is 11.8 Å². The molecule has 24 heavy (non-hydrogen) atoms. The first kappa shape index (κ1) is 14.8. The van der Waals surface area contributed by atoms with Gasteiger partial charge in [-0.2, -0.15) is 0 Å². The van der Waals surface area contributed by atoms with Gasteiger partial charge in [-0.05, 0) is 42.9 Å². The number of benzene rings is 1. The minimum atomic E-state index is 0.122. The molecule has 128 valence electrons. The van der Waals surface area contributed by atoms with Crippen molar-refractivity contribution in [1.29, 1.82) is 0 Å². The summed E-state index contributed by atoms with van der Waals surface area (Å²) in [6.45, 7) is 4.69. The molecule has 4 nitrogen and oxygen atoms in total. The SMILES string of the molecule is CC[C@H]1C[C@@H]2C[C@H]3c4c(CO)c5cc(OC)ccc5n4CN(C2)[C@@H]13. The fraction of sp³-hybridized carbons (Fsp3) is 0.600. The normalized spacial score (nSPS) is 33.7. The van der Waals surface area contributed by atoms with Gasteiger partial charge in [0.2, 0.25) is 0 Å². The standard InChI is InChI=1S/C20H26N2O2/c1-3-13-6-12-7-16-19(13)21(9-12)11-22-18-5-4-14(24-2)8-15(18)17(10-23)20(16)22/h4-5,8,12-13,16,19,23H,3,6-7,9-11H2,1-2H3/t12-,13+,16-,19+/m1/s1. The van der Waals surface area contributed by atoms with Gasteiger partial charge in [0.1, 0.15) is 5.75 Å². The average molecular weight is 326 g/mol. The van der Waals surface area contributed by atoms with Crippen LogP contribution in [-0.2, 0) is 13.3 Å². The summed E-state index contributed by atoms with van der Waals surface area (Å²) in [7, 11) is 1.71. The third kappa shape index (κ3) is 1.81. The van der Waals surface area contributed by atoms with Crippen LogP contribution in [0.2, 0.25) is 0 Å². The van der Waals surface area contributed by atoms with E-state index in [0.29, 0.717) is 12.0 Å². The van der Waals surface area contributed by atoms with E-state index in [1.807, 2.05) is 6.07 Å². The molecular formula is C20H26N2O2. The number of methoxy groups -OCH3 is 1. The quantitative estimate of drug-likeness (QED) is 0.940. The second-order valence-electron chi connectivity index (χ2n) is 7.85. The number of hydrogen-bond donors (Lipinski definition) is 1. The molecule has 1 aromatic heterocycles. The monoisotopic (exact) mass is 326 g/mol. The summed E-state index contributed by atoms with van der Waals surface area (Å²) in [4.78, 5) is 2.72. The molecule has 2 aromatic rings. The number of nitrogens with zero attached hydrogens (tertiary/aromatic N) is 2. The van der Waals surface area contributed by atoms with Gasteiger partial charge in [-0.25, -0.2) is 0 Å². The zero-order chi connectivity index (χ0) is 16.4. The number of fused-ring (bicyclic) bond motifs is 4. The predicted octanol–water partition coefficient (Wildman–Crippen LogP) is 3.32. The van der Waals surface area contributed by atoms with Crippen LogP contribution in [0.25, 0.3) is 10.9 Å². The Morgan fingerprint density at radius 2 is 2.17 bits per heavy atom. The van der Waals surface area contributed by atoms with E-state index in [4.69, 9.17) is 4.74 Å². The van der Waals surface area contributed by atoms with Gasteiger partial charge in [0.15, 0.2) is 0 Å². The lowest BCUT2D eigenvalue weighted by Crippen LogP contribution is -2.59. The lowest BCUT2D eigenvalue weighted by molar-refractivity contribution is -0.0546. The first-order chi connectivity index (χ1) is 11.7. The van der Waals surface area contributed by atoms with E-state index in [1.165, 1.54) is 42.4 Å². The van der Waals surface area contributed by atoms with E-state index >= 15 is 0 Å². The lowest BCUT2D eigenvalue weighted by Gasteiger charge is -2.57. The number of aliphatic hydroxyl groups excluding tert-OH is 1. The van der Waals surface area contributed by atoms with Crippen LogP contribution in [0.15, 0.2) is 18.2 Å².